The van der Waals surface area contributed by atoms with Gasteiger partial charge in [0.05, 0.1) is 12.4 Å². The number of benzene rings is 2. The summed E-state index contributed by atoms with van der Waals surface area (Å²) < 4.78 is 18.7. The lowest BCUT2D eigenvalue weighted by Crippen LogP contribution is -2.40. The van der Waals surface area contributed by atoms with Gasteiger partial charge in [0.25, 0.3) is 0 Å². The molecule has 0 unspecified atom stereocenters. The number of amides is 1. The highest BCUT2D eigenvalue weighted by Gasteiger charge is 2.25. The Morgan fingerprint density at radius 3 is 2.03 bits per heavy atom. The highest BCUT2D eigenvalue weighted by atomic mass is 19.1. The number of halogens is 1. The summed E-state index contributed by atoms with van der Waals surface area (Å²) in [6, 6.07) is 20.6. The second kappa shape index (κ2) is 10.2. The molecule has 0 aliphatic heterocycles. The number of aromatic nitrogens is 2. The largest absolute Gasteiger partial charge is 0.460 e. The molecule has 1 heterocycles. The van der Waals surface area contributed by atoms with Crippen LogP contribution in [0.25, 0.3) is 0 Å². The van der Waals surface area contributed by atoms with Gasteiger partial charge >= 0.3 is 6.01 Å². The van der Waals surface area contributed by atoms with E-state index in [0.29, 0.717) is 6.42 Å². The Morgan fingerprint density at radius 2 is 1.48 bits per heavy atom. The maximum absolute atomic E-state index is 12.9. The first-order valence-electron chi connectivity index (χ1n) is 10.7. The van der Waals surface area contributed by atoms with E-state index in [1.807, 2.05) is 36.4 Å². The highest BCUT2D eigenvalue weighted by Crippen LogP contribution is 2.28. The van der Waals surface area contributed by atoms with Crippen LogP contribution in [0.2, 0.25) is 0 Å². The van der Waals surface area contributed by atoms with Crippen molar-refractivity contribution in [3.05, 3.63) is 90.0 Å². The molecule has 3 aromatic rings. The molecule has 1 aromatic heterocycles. The second-order valence-electron chi connectivity index (χ2n) is 7.92. The van der Waals surface area contributed by atoms with Gasteiger partial charge in [0, 0.05) is 18.4 Å². The van der Waals surface area contributed by atoms with Crippen LogP contribution in [0, 0.1) is 5.82 Å². The molecule has 160 valence electrons. The maximum Gasteiger partial charge on any atom is 0.316 e. The minimum atomic E-state index is -0.483. The quantitative estimate of drug-likeness (QED) is 0.606. The van der Waals surface area contributed by atoms with Gasteiger partial charge in [-0.1, -0.05) is 60.7 Å². The van der Waals surface area contributed by atoms with Gasteiger partial charge in [0.15, 0.2) is 5.82 Å². The van der Waals surface area contributed by atoms with Crippen molar-refractivity contribution < 1.29 is 13.9 Å². The smallest absolute Gasteiger partial charge is 0.316 e. The van der Waals surface area contributed by atoms with Crippen molar-refractivity contribution in [3.63, 3.8) is 0 Å². The summed E-state index contributed by atoms with van der Waals surface area (Å²) in [6.07, 6.45) is 5.86. The number of ether oxygens (including phenoxy) is 1. The summed E-state index contributed by atoms with van der Waals surface area (Å²) in [5.74, 6) is -0.398. The molecule has 0 bridgehead atoms. The van der Waals surface area contributed by atoms with E-state index in [1.165, 1.54) is 0 Å². The number of nitrogens with one attached hydrogen (secondary N) is 1. The molecule has 1 amide bonds. The predicted octanol–water partition coefficient (Wildman–Crippen LogP) is 4.64. The van der Waals surface area contributed by atoms with E-state index in [9.17, 15) is 9.18 Å². The summed E-state index contributed by atoms with van der Waals surface area (Å²) in [5, 5.41) is 3.21. The van der Waals surface area contributed by atoms with E-state index in [2.05, 4.69) is 39.6 Å². The molecule has 4 rings (SSSR count). The van der Waals surface area contributed by atoms with E-state index < -0.39 is 5.82 Å². The van der Waals surface area contributed by atoms with Crippen LogP contribution in [0.5, 0.6) is 6.01 Å². The summed E-state index contributed by atoms with van der Waals surface area (Å²) in [6.45, 7) is 0. The third kappa shape index (κ3) is 5.87. The van der Waals surface area contributed by atoms with Crippen LogP contribution in [0.4, 0.5) is 4.39 Å². The molecule has 2 aromatic carbocycles. The van der Waals surface area contributed by atoms with E-state index in [-0.39, 0.29) is 30.0 Å². The third-order valence-corrected chi connectivity index (χ3v) is 5.70. The zero-order valence-electron chi connectivity index (χ0n) is 17.3. The van der Waals surface area contributed by atoms with Crippen molar-refractivity contribution in [2.75, 3.05) is 0 Å². The Hall–Kier alpha value is -3.28. The summed E-state index contributed by atoms with van der Waals surface area (Å²) in [5.41, 5.74) is 2.28. The van der Waals surface area contributed by atoms with Crippen LogP contribution in [0.1, 0.15) is 49.1 Å². The first-order chi connectivity index (χ1) is 15.2. The Kier molecular flexibility index (Phi) is 6.87. The SMILES string of the molecule is O=C(CC(c1ccccc1)c1ccccc1)NC1CCC(Oc2ncc(F)cn2)CC1. The number of nitrogens with zero attached hydrogens (tertiary/aromatic N) is 2. The van der Waals surface area contributed by atoms with E-state index in [4.69, 9.17) is 4.74 Å². The molecule has 0 atom stereocenters. The zero-order valence-corrected chi connectivity index (χ0v) is 17.3. The van der Waals surface area contributed by atoms with Crippen LogP contribution in [0.3, 0.4) is 0 Å². The average molecular weight is 420 g/mol. The van der Waals surface area contributed by atoms with Gasteiger partial charge in [-0.15, -0.1) is 0 Å². The fourth-order valence-electron chi connectivity index (χ4n) is 4.11. The monoisotopic (exact) mass is 419 g/mol. The molecule has 31 heavy (non-hydrogen) atoms. The van der Waals surface area contributed by atoms with Crippen molar-refractivity contribution in [2.24, 2.45) is 0 Å². The molecule has 6 heteroatoms. The lowest BCUT2D eigenvalue weighted by atomic mass is 9.87. The van der Waals surface area contributed by atoms with Gasteiger partial charge in [-0.05, 0) is 36.8 Å². The molecule has 1 N–H and O–H groups in total. The minimum absolute atomic E-state index is 0.0139. The van der Waals surface area contributed by atoms with Crippen LogP contribution in [-0.2, 0) is 4.79 Å². The van der Waals surface area contributed by atoms with Gasteiger partial charge in [-0.2, -0.15) is 0 Å². The number of carbonyl (C=O) groups is 1. The molecule has 1 aliphatic carbocycles. The first-order valence-corrected chi connectivity index (χ1v) is 10.7. The van der Waals surface area contributed by atoms with Crippen molar-refractivity contribution in [1.29, 1.82) is 0 Å². The van der Waals surface area contributed by atoms with Gasteiger partial charge in [0.1, 0.15) is 6.10 Å². The molecule has 0 spiro atoms. The first kappa shape index (κ1) is 21.0. The molecule has 1 saturated carbocycles. The Balaban J connectivity index is 1.31. The lowest BCUT2D eigenvalue weighted by Gasteiger charge is -2.29. The van der Waals surface area contributed by atoms with Gasteiger partial charge in [-0.25, -0.2) is 14.4 Å². The molecular weight excluding hydrogens is 393 g/mol. The Labute approximate surface area is 181 Å². The average Bonchev–Trinajstić information content (AvgIpc) is 2.81. The zero-order chi connectivity index (χ0) is 21.5. The van der Waals surface area contributed by atoms with Crippen molar-refractivity contribution in [3.8, 4) is 6.01 Å². The fraction of sp³-hybridized carbons (Fsp3) is 0.320. The summed E-state index contributed by atoms with van der Waals surface area (Å²) in [7, 11) is 0. The molecule has 5 nitrogen and oxygen atoms in total. The highest BCUT2D eigenvalue weighted by molar-refractivity contribution is 5.78. The second-order valence-corrected chi connectivity index (χ2v) is 7.92. The fourth-order valence-corrected chi connectivity index (χ4v) is 4.11. The molecule has 0 saturated heterocycles. The topological polar surface area (TPSA) is 64.1 Å². The van der Waals surface area contributed by atoms with Crippen molar-refractivity contribution in [1.82, 2.24) is 15.3 Å². The third-order valence-electron chi connectivity index (χ3n) is 5.70. The lowest BCUT2D eigenvalue weighted by molar-refractivity contribution is -0.122. The van der Waals surface area contributed by atoms with Crippen LogP contribution >= 0.6 is 0 Å². The van der Waals surface area contributed by atoms with Crippen molar-refractivity contribution in [2.45, 2.75) is 50.2 Å². The predicted molar refractivity (Wildman–Crippen MR) is 116 cm³/mol. The molecule has 1 fully saturated rings. The standard InChI is InChI=1S/C25H26FN3O2/c26-20-16-27-25(28-17-20)31-22-13-11-21(12-14-22)29-24(30)15-23(18-7-3-1-4-8-18)19-9-5-2-6-10-19/h1-10,16-17,21-23H,11-15H2,(H,29,30). The minimum Gasteiger partial charge on any atom is -0.460 e. The van der Waals surface area contributed by atoms with E-state index >= 15 is 0 Å². The molecule has 0 radical (unpaired) electrons. The van der Waals surface area contributed by atoms with Gasteiger partial charge < -0.3 is 10.1 Å². The summed E-state index contributed by atoms with van der Waals surface area (Å²) >= 11 is 0. The van der Waals surface area contributed by atoms with Crippen LogP contribution in [0.15, 0.2) is 73.1 Å². The van der Waals surface area contributed by atoms with Gasteiger partial charge in [0.2, 0.25) is 5.91 Å². The summed E-state index contributed by atoms with van der Waals surface area (Å²) in [4.78, 5) is 20.6. The normalized spacial score (nSPS) is 18.5. The van der Waals surface area contributed by atoms with Crippen LogP contribution < -0.4 is 10.1 Å². The van der Waals surface area contributed by atoms with Gasteiger partial charge in [-0.3, -0.25) is 4.79 Å². The van der Waals surface area contributed by atoms with E-state index in [0.717, 1.165) is 49.2 Å². The number of rotatable bonds is 7. The van der Waals surface area contributed by atoms with Crippen molar-refractivity contribution >= 4 is 5.91 Å². The van der Waals surface area contributed by atoms with Crippen LogP contribution in [-0.4, -0.2) is 28.0 Å². The maximum atomic E-state index is 12.9. The molecule has 1 aliphatic rings. The van der Waals surface area contributed by atoms with E-state index in [1.54, 1.807) is 0 Å². The Morgan fingerprint density at radius 1 is 0.935 bits per heavy atom. The number of hydrogen-bond acceptors (Lipinski definition) is 4. The Bertz CT molecular complexity index is 920. The molecular formula is C25H26FN3O2. The number of hydrogen-bond donors (Lipinski definition) is 1. The number of carbonyl (C=O) groups excluding carboxylic acids is 1.